The third-order valence-corrected chi connectivity index (χ3v) is 4.55. The third kappa shape index (κ3) is 4.01. The molecule has 1 heterocycles. The summed E-state index contributed by atoms with van der Waals surface area (Å²) < 4.78 is 43.0. The van der Waals surface area contributed by atoms with Crippen LogP contribution in [-0.4, -0.2) is 32.4 Å². The zero-order valence-electron chi connectivity index (χ0n) is 16.6. The molecule has 0 aliphatic carbocycles. The molecule has 0 saturated heterocycles. The van der Waals surface area contributed by atoms with Crippen molar-refractivity contribution in [3.8, 4) is 5.69 Å². The summed E-state index contributed by atoms with van der Waals surface area (Å²) in [6.07, 6.45) is -3.04. The fourth-order valence-corrected chi connectivity index (χ4v) is 3.35. The minimum atomic E-state index is -4.72. The van der Waals surface area contributed by atoms with Crippen LogP contribution < -0.4 is 0 Å². The standard InChI is InChI=1S/C20H26F3N3O/c1-7-14-11-9-10-13(3)16(14)25-12-24-15(17(25)20(21,22)23)18(27)26(8-2)19(4,5)6/h9-12H,7-8H2,1-6H3. The van der Waals surface area contributed by atoms with Crippen molar-refractivity contribution < 1.29 is 18.0 Å². The average Bonchev–Trinajstić information content (AvgIpc) is 2.98. The van der Waals surface area contributed by atoms with Crippen LogP contribution in [0.1, 0.15) is 61.9 Å². The van der Waals surface area contributed by atoms with E-state index < -0.39 is 29.0 Å². The first-order valence-corrected chi connectivity index (χ1v) is 8.98. The van der Waals surface area contributed by atoms with Gasteiger partial charge in [0.15, 0.2) is 11.4 Å². The highest BCUT2D eigenvalue weighted by Crippen LogP contribution is 2.36. The van der Waals surface area contributed by atoms with E-state index in [1.807, 2.05) is 13.0 Å². The van der Waals surface area contributed by atoms with Crippen LogP contribution in [0.2, 0.25) is 0 Å². The lowest BCUT2D eigenvalue weighted by Crippen LogP contribution is -2.46. The van der Waals surface area contributed by atoms with E-state index in [-0.39, 0.29) is 6.54 Å². The van der Waals surface area contributed by atoms with Gasteiger partial charge in [-0.05, 0) is 52.2 Å². The predicted molar refractivity (Wildman–Crippen MR) is 99.1 cm³/mol. The molecule has 7 heteroatoms. The maximum Gasteiger partial charge on any atom is 0.434 e. The molecule has 1 aromatic heterocycles. The molecule has 2 aromatic rings. The van der Waals surface area contributed by atoms with Gasteiger partial charge < -0.3 is 4.90 Å². The number of hydrogen-bond acceptors (Lipinski definition) is 2. The van der Waals surface area contributed by atoms with Gasteiger partial charge in [0.05, 0.1) is 5.69 Å². The second-order valence-corrected chi connectivity index (χ2v) is 7.47. The highest BCUT2D eigenvalue weighted by molar-refractivity contribution is 5.94. The molecule has 0 bridgehead atoms. The second kappa shape index (κ2) is 7.37. The molecule has 0 aliphatic rings. The number of benzene rings is 1. The summed E-state index contributed by atoms with van der Waals surface area (Å²) in [5.74, 6) is -0.720. The van der Waals surface area contributed by atoms with Crippen molar-refractivity contribution in [1.82, 2.24) is 14.5 Å². The van der Waals surface area contributed by atoms with E-state index in [2.05, 4.69) is 4.98 Å². The van der Waals surface area contributed by atoms with Crippen LogP contribution >= 0.6 is 0 Å². The summed E-state index contributed by atoms with van der Waals surface area (Å²) in [7, 11) is 0. The lowest BCUT2D eigenvalue weighted by atomic mass is 10.0. The van der Waals surface area contributed by atoms with Crippen LogP contribution in [0.15, 0.2) is 24.5 Å². The minimum absolute atomic E-state index is 0.289. The molecule has 0 radical (unpaired) electrons. The molecule has 0 N–H and O–H groups in total. The number of para-hydroxylation sites is 1. The molecular formula is C20H26F3N3O. The summed E-state index contributed by atoms with van der Waals surface area (Å²) in [5.41, 5.74) is -0.323. The van der Waals surface area contributed by atoms with Crippen molar-refractivity contribution in [3.05, 3.63) is 47.0 Å². The normalized spacial score (nSPS) is 12.3. The van der Waals surface area contributed by atoms with Gasteiger partial charge in [-0.2, -0.15) is 13.2 Å². The van der Waals surface area contributed by atoms with Crippen LogP contribution in [0.5, 0.6) is 0 Å². The Labute approximate surface area is 158 Å². The first-order valence-electron chi connectivity index (χ1n) is 8.98. The SMILES string of the molecule is CCc1cccc(C)c1-n1cnc(C(=O)N(CC)C(C)(C)C)c1C(F)(F)F. The Hall–Kier alpha value is -2.31. The number of halogens is 3. The Morgan fingerprint density at radius 1 is 1.19 bits per heavy atom. The highest BCUT2D eigenvalue weighted by Gasteiger charge is 2.43. The van der Waals surface area contributed by atoms with Gasteiger partial charge in [-0.1, -0.05) is 25.1 Å². The van der Waals surface area contributed by atoms with Crippen molar-refractivity contribution in [2.75, 3.05) is 6.54 Å². The summed E-state index contributed by atoms with van der Waals surface area (Å²) in [5, 5.41) is 0. The Bertz CT molecular complexity index is 832. The number of carbonyl (C=O) groups excluding carboxylic acids is 1. The van der Waals surface area contributed by atoms with Crippen LogP contribution in [0.25, 0.3) is 5.69 Å². The van der Waals surface area contributed by atoms with Crippen molar-refractivity contribution in [3.63, 3.8) is 0 Å². The number of imidazole rings is 1. The number of rotatable bonds is 4. The van der Waals surface area contributed by atoms with Crippen LogP contribution in [0.4, 0.5) is 13.2 Å². The first-order chi connectivity index (χ1) is 12.4. The largest absolute Gasteiger partial charge is 0.434 e. The number of alkyl halides is 3. The summed E-state index contributed by atoms with van der Waals surface area (Å²) in [6.45, 7) is 11.0. The van der Waals surface area contributed by atoms with E-state index in [4.69, 9.17) is 0 Å². The molecule has 1 aromatic carbocycles. The van der Waals surface area contributed by atoms with E-state index in [1.165, 1.54) is 4.90 Å². The van der Waals surface area contributed by atoms with Crippen LogP contribution in [0, 0.1) is 6.92 Å². The molecular weight excluding hydrogens is 355 g/mol. The molecule has 4 nitrogen and oxygen atoms in total. The molecule has 2 rings (SSSR count). The first kappa shape index (κ1) is 21.0. The molecule has 1 amide bonds. The van der Waals surface area contributed by atoms with Crippen molar-refractivity contribution in [2.45, 2.75) is 59.7 Å². The molecule has 0 unspecified atom stereocenters. The van der Waals surface area contributed by atoms with E-state index in [0.29, 0.717) is 17.7 Å². The van der Waals surface area contributed by atoms with Gasteiger partial charge in [-0.15, -0.1) is 0 Å². The van der Waals surface area contributed by atoms with Gasteiger partial charge in [0.25, 0.3) is 5.91 Å². The van der Waals surface area contributed by atoms with E-state index >= 15 is 0 Å². The Balaban J connectivity index is 2.74. The van der Waals surface area contributed by atoms with Crippen molar-refractivity contribution in [2.24, 2.45) is 0 Å². The molecule has 148 valence electrons. The fraction of sp³-hybridized carbons (Fsp3) is 0.500. The summed E-state index contributed by atoms with van der Waals surface area (Å²) in [4.78, 5) is 18.2. The monoisotopic (exact) mass is 381 g/mol. The molecule has 0 spiro atoms. The van der Waals surface area contributed by atoms with Gasteiger partial charge in [0.2, 0.25) is 0 Å². The van der Waals surface area contributed by atoms with Crippen LogP contribution in [-0.2, 0) is 12.6 Å². The maximum absolute atomic E-state index is 14.0. The number of nitrogens with zero attached hydrogens (tertiary/aromatic N) is 3. The second-order valence-electron chi connectivity index (χ2n) is 7.47. The van der Waals surface area contributed by atoms with Gasteiger partial charge in [-0.3, -0.25) is 9.36 Å². The summed E-state index contributed by atoms with van der Waals surface area (Å²) >= 11 is 0. The minimum Gasteiger partial charge on any atom is -0.333 e. The predicted octanol–water partition coefficient (Wildman–Crippen LogP) is 5.02. The Morgan fingerprint density at radius 2 is 1.81 bits per heavy atom. The van der Waals surface area contributed by atoms with Crippen LogP contribution in [0.3, 0.4) is 0 Å². The molecule has 0 fully saturated rings. The zero-order valence-corrected chi connectivity index (χ0v) is 16.6. The number of amides is 1. The Kier molecular flexibility index (Phi) is 5.73. The topological polar surface area (TPSA) is 38.1 Å². The van der Waals surface area contributed by atoms with Gasteiger partial charge in [0, 0.05) is 12.1 Å². The fourth-order valence-electron chi connectivity index (χ4n) is 3.35. The van der Waals surface area contributed by atoms with Gasteiger partial charge in [0.1, 0.15) is 6.33 Å². The zero-order chi connectivity index (χ0) is 20.6. The lowest BCUT2D eigenvalue weighted by Gasteiger charge is -2.34. The maximum atomic E-state index is 14.0. The molecule has 27 heavy (non-hydrogen) atoms. The number of aryl methyl sites for hydroxylation is 2. The van der Waals surface area contributed by atoms with E-state index in [0.717, 1.165) is 16.5 Å². The highest BCUT2D eigenvalue weighted by atomic mass is 19.4. The quantitative estimate of drug-likeness (QED) is 0.746. The average molecular weight is 381 g/mol. The summed E-state index contributed by atoms with van der Waals surface area (Å²) in [6, 6.07) is 5.35. The smallest absolute Gasteiger partial charge is 0.333 e. The lowest BCUT2D eigenvalue weighted by molar-refractivity contribution is -0.142. The van der Waals surface area contributed by atoms with Crippen molar-refractivity contribution in [1.29, 1.82) is 0 Å². The number of carbonyl (C=O) groups is 1. The third-order valence-electron chi connectivity index (χ3n) is 4.55. The van der Waals surface area contributed by atoms with E-state index in [9.17, 15) is 18.0 Å². The molecule has 0 saturated carbocycles. The molecule has 0 atom stereocenters. The van der Waals surface area contributed by atoms with Gasteiger partial charge >= 0.3 is 6.18 Å². The van der Waals surface area contributed by atoms with Crippen molar-refractivity contribution >= 4 is 5.91 Å². The van der Waals surface area contributed by atoms with Gasteiger partial charge in [-0.25, -0.2) is 4.98 Å². The Morgan fingerprint density at radius 3 is 2.30 bits per heavy atom. The number of aromatic nitrogens is 2. The number of hydrogen-bond donors (Lipinski definition) is 0. The molecule has 0 aliphatic heterocycles. The van der Waals surface area contributed by atoms with E-state index in [1.54, 1.807) is 46.8 Å².